The average Bonchev–Trinajstić information content (AvgIpc) is 4.01. The van der Waals surface area contributed by atoms with Gasteiger partial charge in [0, 0.05) is 71.7 Å². The number of carbonyl (C=O) groups excluding carboxylic acids is 6. The highest BCUT2D eigenvalue weighted by Gasteiger charge is 2.34. The summed E-state index contributed by atoms with van der Waals surface area (Å²) in [5.74, 6) is 1.57. The maximum Gasteiger partial charge on any atom is 0.488 e. The van der Waals surface area contributed by atoms with Gasteiger partial charge in [-0.2, -0.15) is 0 Å². The molecule has 420 valence electrons. The predicted molar refractivity (Wildman–Crippen MR) is 335 cm³/mol. The van der Waals surface area contributed by atoms with Gasteiger partial charge in [-0.25, -0.2) is 0 Å². The van der Waals surface area contributed by atoms with Crippen molar-refractivity contribution in [2.24, 2.45) is 0 Å². The number of ether oxygens (including phenoxy) is 4. The van der Waals surface area contributed by atoms with E-state index in [1.807, 2.05) is 0 Å². The van der Waals surface area contributed by atoms with Crippen LogP contribution < -0.4 is 24.4 Å². The molecule has 0 radical (unpaired) electrons. The van der Waals surface area contributed by atoms with E-state index < -0.39 is 7.12 Å². The number of nitrogens with zero attached hydrogens (tertiary/aromatic N) is 6. The lowest BCUT2D eigenvalue weighted by atomic mass is 9.81. The first kappa shape index (κ1) is 66.3. The van der Waals surface area contributed by atoms with E-state index in [0.29, 0.717) is 79.0 Å². The number of halogens is 6. The second-order valence-corrected chi connectivity index (χ2v) is 27.6. The number of phenolic OH excluding ortho intramolecular Hbond substituents is 2. The standard InChI is InChI=1S/C17H13BrN2O4S.C16H11BrN2O4S.C12H10BrNO4S.C5H6BNO2.BBr3/c1-20-16(21)15(25-17(20)22)8-10-7-14(13(23-2)9-12(10)18)24-11-3-5-19-6-4-11;1-19-15(21)14(24-16(19)22)7-9-6-13(12(20)8-11(9)17)23-10-2-4-18-5-3-10;1-14-11(16)10(19-12(14)17)4-6-3-8(15)9(18-2)5-7(6)13;8-6(9)5-1-3-7-4-2-5;2-1(3)4/h3-9H,1-2H3;2-8,20H,1H3;3-5,15H,1-2H3;1-4,8-9H;/b15-8-;14-7-;10-4-;;. The highest BCUT2D eigenvalue weighted by molar-refractivity contribution is 9.69. The quantitative estimate of drug-likeness (QED) is 0.0733. The molecule has 3 aliphatic heterocycles. The monoisotopic (exact) mass is 1540 g/mol. The van der Waals surface area contributed by atoms with Crippen molar-refractivity contribution in [1.29, 1.82) is 0 Å². The molecular formula is C50H40B2Br6N6O14S3. The summed E-state index contributed by atoms with van der Waals surface area (Å²) < 4.78 is 24.0. The number of thioether (sulfide) groups is 3. The molecule has 0 aliphatic carbocycles. The number of phenols is 2. The molecule has 6 heterocycles. The van der Waals surface area contributed by atoms with Crippen LogP contribution in [0.25, 0.3) is 18.2 Å². The molecule has 0 spiro atoms. The van der Waals surface area contributed by atoms with Crippen LogP contribution in [0, 0.1) is 0 Å². The maximum absolute atomic E-state index is 12.1. The Hall–Kier alpha value is -5.47. The molecule has 20 nitrogen and oxygen atoms in total. The Bertz CT molecular complexity index is 3400. The first-order valence-electron chi connectivity index (χ1n) is 22.4. The van der Waals surface area contributed by atoms with Gasteiger partial charge in [0.15, 0.2) is 34.5 Å². The third-order valence-electron chi connectivity index (χ3n) is 10.2. The molecule has 9 rings (SSSR count). The molecule has 3 aliphatic rings. The molecule has 3 fully saturated rings. The third-order valence-corrected chi connectivity index (χ3v) is 15.2. The van der Waals surface area contributed by atoms with E-state index in [9.17, 15) is 39.0 Å². The number of aromatic hydroxyl groups is 2. The van der Waals surface area contributed by atoms with E-state index in [-0.39, 0.29) is 53.9 Å². The number of hydrogen-bond donors (Lipinski definition) is 4. The predicted octanol–water partition coefficient (Wildman–Crippen LogP) is 12.1. The van der Waals surface area contributed by atoms with E-state index in [2.05, 4.69) is 110 Å². The van der Waals surface area contributed by atoms with Gasteiger partial charge >= 0.3 is 10.3 Å². The normalized spacial score (nSPS) is 15.1. The van der Waals surface area contributed by atoms with E-state index in [4.69, 9.17) is 29.0 Å². The summed E-state index contributed by atoms with van der Waals surface area (Å²) in [5, 5.41) is 35.9. The number of hydrogen-bond acceptors (Lipinski definition) is 20. The molecule has 3 saturated heterocycles. The van der Waals surface area contributed by atoms with Gasteiger partial charge in [-0.05, 0) is 148 Å². The van der Waals surface area contributed by atoms with Gasteiger partial charge < -0.3 is 39.2 Å². The van der Waals surface area contributed by atoms with E-state index >= 15 is 0 Å². The second-order valence-electron chi connectivity index (χ2n) is 15.6. The fraction of sp³-hybridized carbons (Fsp3) is 0.100. The Kier molecular flexibility index (Phi) is 26.1. The van der Waals surface area contributed by atoms with Crippen LogP contribution in [0.15, 0.2) is 138 Å². The van der Waals surface area contributed by atoms with Gasteiger partial charge in [-0.15, -0.1) is 47.3 Å². The van der Waals surface area contributed by atoms with Crippen LogP contribution in [-0.4, -0.2) is 129 Å². The van der Waals surface area contributed by atoms with Crippen LogP contribution in [-0.2, 0) is 14.4 Å². The average molecular weight is 1550 g/mol. The summed E-state index contributed by atoms with van der Waals surface area (Å²) in [6.45, 7) is 0. The Balaban J connectivity index is 0.000000202. The Labute approximate surface area is 526 Å². The van der Waals surface area contributed by atoms with Gasteiger partial charge in [0.1, 0.15) is 11.5 Å². The fourth-order valence-electron chi connectivity index (χ4n) is 6.15. The van der Waals surface area contributed by atoms with Crippen LogP contribution in [0.3, 0.4) is 0 Å². The topological polar surface area (TPSA) is 269 Å². The summed E-state index contributed by atoms with van der Waals surface area (Å²) in [6.07, 6.45) is 14.2. The first-order valence-corrected chi connectivity index (χ1v) is 30.0. The molecule has 3 aromatic carbocycles. The summed E-state index contributed by atoms with van der Waals surface area (Å²) in [4.78, 5) is 86.1. The van der Waals surface area contributed by atoms with Gasteiger partial charge in [0.25, 0.3) is 33.4 Å². The van der Waals surface area contributed by atoms with Crippen LogP contribution >= 0.6 is 130 Å². The lowest BCUT2D eigenvalue weighted by molar-refractivity contribution is -0.122. The minimum absolute atomic E-state index is 0.0346. The van der Waals surface area contributed by atoms with E-state index in [1.165, 1.54) is 52.8 Å². The van der Waals surface area contributed by atoms with Crippen molar-refractivity contribution >= 4 is 198 Å². The first-order chi connectivity index (χ1) is 38.4. The van der Waals surface area contributed by atoms with Crippen LogP contribution in [0.1, 0.15) is 16.7 Å². The number of carbonyl (C=O) groups is 6. The van der Waals surface area contributed by atoms with Crippen molar-refractivity contribution in [2.75, 3.05) is 35.4 Å². The van der Waals surface area contributed by atoms with Gasteiger partial charge in [-0.3, -0.25) is 58.4 Å². The molecule has 81 heavy (non-hydrogen) atoms. The number of methoxy groups -OCH3 is 2. The summed E-state index contributed by atoms with van der Waals surface area (Å²) >= 11 is 22.1. The summed E-state index contributed by atoms with van der Waals surface area (Å²) in [6, 6.07) is 19.5. The van der Waals surface area contributed by atoms with Crippen molar-refractivity contribution in [1.82, 2.24) is 29.7 Å². The highest BCUT2D eigenvalue weighted by Crippen LogP contribution is 2.42. The van der Waals surface area contributed by atoms with Crippen molar-refractivity contribution in [2.45, 2.75) is 0 Å². The molecule has 31 heteroatoms. The molecular weight excluding hydrogens is 1510 g/mol. The number of rotatable bonds is 10. The second kappa shape index (κ2) is 31.8. The fourth-order valence-corrected chi connectivity index (χ4v) is 9.92. The van der Waals surface area contributed by atoms with Crippen LogP contribution in [0.4, 0.5) is 14.4 Å². The van der Waals surface area contributed by atoms with Gasteiger partial charge in [0.05, 0.1) is 28.9 Å². The third kappa shape index (κ3) is 19.3. The molecule has 0 saturated carbocycles. The number of imide groups is 3. The van der Waals surface area contributed by atoms with E-state index in [1.54, 1.807) is 111 Å². The van der Waals surface area contributed by atoms with Crippen LogP contribution in [0.2, 0.25) is 0 Å². The Morgan fingerprint density at radius 1 is 0.481 bits per heavy atom. The van der Waals surface area contributed by atoms with Crippen molar-refractivity contribution in [3.05, 3.63) is 155 Å². The molecule has 6 aromatic rings. The smallest absolute Gasteiger partial charge is 0.488 e. The number of likely N-dealkylation sites (N-methyl/N-ethyl adjacent to an activating group) is 3. The molecule has 0 unspecified atom stereocenters. The number of amides is 6. The molecule has 4 N–H and O–H groups in total. The minimum atomic E-state index is -1.38. The number of benzene rings is 3. The Morgan fingerprint density at radius 2 is 0.802 bits per heavy atom. The Morgan fingerprint density at radius 3 is 1.15 bits per heavy atom. The lowest BCUT2D eigenvalue weighted by Crippen LogP contribution is -2.29. The van der Waals surface area contributed by atoms with Crippen molar-refractivity contribution in [3.8, 4) is 46.0 Å². The molecule has 6 amide bonds. The van der Waals surface area contributed by atoms with Crippen molar-refractivity contribution < 1.29 is 68.0 Å². The zero-order valence-corrected chi connectivity index (χ0v) is 54.3. The minimum Gasteiger partial charge on any atom is -0.504 e. The number of aromatic nitrogens is 3. The summed E-state index contributed by atoms with van der Waals surface area (Å²) in [5.41, 5.74) is 2.36. The highest BCUT2D eigenvalue weighted by atomic mass is 79.9. The maximum atomic E-state index is 12.1. The molecule has 0 bridgehead atoms. The zero-order chi connectivity index (χ0) is 59.7. The van der Waals surface area contributed by atoms with Crippen molar-refractivity contribution in [3.63, 3.8) is 0 Å². The lowest BCUT2D eigenvalue weighted by Gasteiger charge is -2.12. The van der Waals surface area contributed by atoms with Gasteiger partial charge in [0.2, 0.25) is 0 Å². The SMILES string of the molecule is BrB(Br)Br.CN1C(=O)S/C(=C\c2cc(Oc3ccncc3)c(O)cc2Br)C1=O.COc1cc(Br)c(/C=C2\SC(=O)N(C)C2=O)cc1O.COc1cc(Br)c(/C=C2\SC(=O)N(C)C2=O)cc1Oc1ccncc1.OB(O)c1ccncc1. The van der Waals surface area contributed by atoms with Crippen LogP contribution in [0.5, 0.6) is 46.0 Å². The molecule has 3 aromatic heterocycles. The van der Waals surface area contributed by atoms with E-state index in [0.717, 1.165) is 50.0 Å². The zero-order valence-electron chi connectivity index (χ0n) is 42.3. The molecule has 0 atom stereocenters. The largest absolute Gasteiger partial charge is 0.504 e. The summed E-state index contributed by atoms with van der Waals surface area (Å²) in [7, 11) is 5.93. The van der Waals surface area contributed by atoms with Gasteiger partial charge in [-0.1, -0.05) is 47.8 Å². The number of pyridine rings is 3.